The minimum Gasteiger partial charge on any atom is -0.444 e. The van der Waals surface area contributed by atoms with Crippen LogP contribution in [0, 0.1) is 15.5 Å². The number of nitro benzene ring substituents is 1. The molecular weight excluding hydrogens is 374 g/mol. The van der Waals surface area contributed by atoms with Gasteiger partial charge in [0.15, 0.2) is 6.29 Å². The van der Waals surface area contributed by atoms with E-state index >= 15 is 0 Å². The zero-order chi connectivity index (χ0) is 21.2. The van der Waals surface area contributed by atoms with E-state index in [1.807, 2.05) is 20.8 Å². The van der Waals surface area contributed by atoms with E-state index in [9.17, 15) is 19.7 Å². The Labute approximate surface area is 171 Å². The summed E-state index contributed by atoms with van der Waals surface area (Å²) in [7, 11) is 0. The van der Waals surface area contributed by atoms with Crippen LogP contribution in [0.4, 0.5) is 16.2 Å². The normalized spacial score (nSPS) is 19.1. The number of nitrogens with zero attached hydrogens (tertiary/aromatic N) is 3. The van der Waals surface area contributed by atoms with Gasteiger partial charge in [0, 0.05) is 49.6 Å². The Morgan fingerprint density at radius 1 is 1.14 bits per heavy atom. The topological polar surface area (TPSA) is 93.0 Å². The van der Waals surface area contributed by atoms with Gasteiger partial charge in [0.25, 0.3) is 5.69 Å². The average Bonchev–Trinajstić information content (AvgIpc) is 2.67. The van der Waals surface area contributed by atoms with Gasteiger partial charge >= 0.3 is 6.09 Å². The van der Waals surface area contributed by atoms with Gasteiger partial charge in [-0.2, -0.15) is 0 Å². The highest BCUT2D eigenvalue weighted by Gasteiger charge is 2.39. The van der Waals surface area contributed by atoms with Crippen LogP contribution in [0.15, 0.2) is 18.2 Å². The molecule has 8 heteroatoms. The molecule has 0 bridgehead atoms. The molecule has 0 atom stereocenters. The molecule has 0 radical (unpaired) electrons. The number of ether oxygens (including phenoxy) is 1. The summed E-state index contributed by atoms with van der Waals surface area (Å²) >= 11 is 0. The fourth-order valence-corrected chi connectivity index (χ4v) is 4.25. The number of hydrogen-bond donors (Lipinski definition) is 0. The number of rotatable bonds is 3. The summed E-state index contributed by atoms with van der Waals surface area (Å²) in [6, 6.07) is 4.46. The molecule has 2 fully saturated rings. The third-order valence-corrected chi connectivity index (χ3v) is 5.99. The minimum absolute atomic E-state index is 0.0705. The second-order valence-electron chi connectivity index (χ2n) is 9.07. The first-order valence-corrected chi connectivity index (χ1v) is 10.1. The molecule has 2 aliphatic rings. The lowest BCUT2D eigenvalue weighted by Crippen LogP contribution is -2.49. The Morgan fingerprint density at radius 3 is 2.24 bits per heavy atom. The molecule has 1 aromatic carbocycles. The number of amides is 1. The SMILES string of the molecule is CC(C)(C)OC(=O)N1CCC2(CC1)CCN(c1ccc([N+](=O)[O-])cc1C=O)CC2. The van der Waals surface area contributed by atoms with E-state index in [-0.39, 0.29) is 17.2 Å². The van der Waals surface area contributed by atoms with Gasteiger partial charge in [0.1, 0.15) is 5.60 Å². The summed E-state index contributed by atoms with van der Waals surface area (Å²) in [5.41, 5.74) is 0.760. The van der Waals surface area contributed by atoms with Crippen molar-refractivity contribution in [3.05, 3.63) is 33.9 Å². The molecule has 0 aliphatic carbocycles. The molecule has 158 valence electrons. The molecule has 0 aromatic heterocycles. The molecule has 2 saturated heterocycles. The quantitative estimate of drug-likeness (QED) is 0.430. The highest BCUT2D eigenvalue weighted by Crippen LogP contribution is 2.42. The third-order valence-electron chi connectivity index (χ3n) is 5.99. The first-order valence-electron chi connectivity index (χ1n) is 10.1. The summed E-state index contributed by atoms with van der Waals surface area (Å²) in [6.45, 7) is 8.61. The number of non-ortho nitro benzene ring substituents is 1. The first-order chi connectivity index (χ1) is 13.6. The van der Waals surface area contributed by atoms with Crippen molar-refractivity contribution in [3.8, 4) is 0 Å². The third kappa shape index (κ3) is 4.86. The van der Waals surface area contributed by atoms with Gasteiger partial charge in [-0.3, -0.25) is 14.9 Å². The van der Waals surface area contributed by atoms with Gasteiger partial charge in [0.2, 0.25) is 0 Å². The number of aldehydes is 1. The van der Waals surface area contributed by atoms with Crippen molar-refractivity contribution >= 4 is 23.8 Å². The Bertz CT molecular complexity index is 784. The lowest BCUT2D eigenvalue weighted by molar-refractivity contribution is -0.384. The van der Waals surface area contributed by atoms with Crippen molar-refractivity contribution in [1.82, 2.24) is 4.90 Å². The van der Waals surface area contributed by atoms with E-state index in [0.29, 0.717) is 24.9 Å². The zero-order valence-corrected chi connectivity index (χ0v) is 17.3. The van der Waals surface area contributed by atoms with Crippen LogP contribution in [0.1, 0.15) is 56.8 Å². The number of likely N-dealkylation sites (tertiary alicyclic amines) is 1. The van der Waals surface area contributed by atoms with E-state index in [1.54, 1.807) is 11.0 Å². The van der Waals surface area contributed by atoms with Gasteiger partial charge in [-0.1, -0.05) is 0 Å². The fraction of sp³-hybridized carbons (Fsp3) is 0.619. The fourth-order valence-electron chi connectivity index (χ4n) is 4.25. The number of carbonyl (C=O) groups excluding carboxylic acids is 2. The van der Waals surface area contributed by atoms with Crippen molar-refractivity contribution in [1.29, 1.82) is 0 Å². The monoisotopic (exact) mass is 403 g/mol. The second kappa shape index (κ2) is 8.00. The van der Waals surface area contributed by atoms with Crippen LogP contribution in [0.5, 0.6) is 0 Å². The summed E-state index contributed by atoms with van der Waals surface area (Å²) < 4.78 is 5.48. The van der Waals surface area contributed by atoms with E-state index in [2.05, 4.69) is 4.90 Å². The predicted molar refractivity (Wildman–Crippen MR) is 109 cm³/mol. The smallest absolute Gasteiger partial charge is 0.410 e. The molecule has 1 spiro atoms. The second-order valence-corrected chi connectivity index (χ2v) is 9.07. The maximum absolute atomic E-state index is 12.3. The van der Waals surface area contributed by atoms with Gasteiger partial charge < -0.3 is 14.5 Å². The van der Waals surface area contributed by atoms with E-state index < -0.39 is 10.5 Å². The molecular formula is C21H29N3O5. The van der Waals surface area contributed by atoms with Crippen LogP contribution in [0.25, 0.3) is 0 Å². The number of carbonyl (C=O) groups is 2. The predicted octanol–water partition coefficient (Wildman–Crippen LogP) is 4.02. The number of piperidine rings is 2. The Balaban J connectivity index is 1.59. The Hall–Kier alpha value is -2.64. The van der Waals surface area contributed by atoms with Crippen LogP contribution in [-0.4, -0.2) is 54.0 Å². The van der Waals surface area contributed by atoms with Crippen molar-refractivity contribution in [2.24, 2.45) is 5.41 Å². The van der Waals surface area contributed by atoms with Crippen molar-refractivity contribution < 1.29 is 19.2 Å². The maximum atomic E-state index is 12.3. The number of benzene rings is 1. The maximum Gasteiger partial charge on any atom is 0.410 e. The molecule has 2 aliphatic heterocycles. The van der Waals surface area contributed by atoms with E-state index in [1.165, 1.54) is 12.1 Å². The highest BCUT2D eigenvalue weighted by atomic mass is 16.6. The molecule has 0 N–H and O–H groups in total. The lowest BCUT2D eigenvalue weighted by atomic mass is 9.71. The number of hydrogen-bond acceptors (Lipinski definition) is 6. The molecule has 0 unspecified atom stereocenters. The van der Waals surface area contributed by atoms with E-state index in [4.69, 9.17) is 4.74 Å². The van der Waals surface area contributed by atoms with Gasteiger partial charge in [-0.25, -0.2) is 4.79 Å². The molecule has 1 aromatic rings. The molecule has 2 heterocycles. The minimum atomic E-state index is -0.487. The molecule has 3 rings (SSSR count). The first kappa shape index (κ1) is 21.1. The summed E-state index contributed by atoms with van der Waals surface area (Å²) in [5, 5.41) is 10.9. The standard InChI is InChI=1S/C21H29N3O5/c1-20(2,3)29-19(26)23-12-8-21(9-13-23)6-10-22(11-7-21)18-5-4-17(24(27)28)14-16(18)15-25/h4-5,14-15H,6-13H2,1-3H3. The lowest BCUT2D eigenvalue weighted by Gasteiger charge is -2.47. The zero-order valence-electron chi connectivity index (χ0n) is 17.3. The Kier molecular flexibility index (Phi) is 5.82. The average molecular weight is 403 g/mol. The van der Waals surface area contributed by atoms with Crippen molar-refractivity contribution in [3.63, 3.8) is 0 Å². The number of anilines is 1. The molecule has 1 amide bonds. The number of nitro groups is 1. The molecule has 0 saturated carbocycles. The Morgan fingerprint density at radius 2 is 1.72 bits per heavy atom. The van der Waals surface area contributed by atoms with Crippen LogP contribution in [0.2, 0.25) is 0 Å². The van der Waals surface area contributed by atoms with Gasteiger partial charge in [0.05, 0.1) is 4.92 Å². The molecule has 29 heavy (non-hydrogen) atoms. The largest absolute Gasteiger partial charge is 0.444 e. The molecule has 8 nitrogen and oxygen atoms in total. The van der Waals surface area contributed by atoms with Crippen LogP contribution >= 0.6 is 0 Å². The van der Waals surface area contributed by atoms with Gasteiger partial charge in [-0.15, -0.1) is 0 Å². The van der Waals surface area contributed by atoms with Crippen LogP contribution < -0.4 is 4.90 Å². The van der Waals surface area contributed by atoms with Crippen molar-refractivity contribution in [2.45, 2.75) is 52.1 Å². The summed E-state index contributed by atoms with van der Waals surface area (Å²) in [6.07, 6.45) is 4.29. The summed E-state index contributed by atoms with van der Waals surface area (Å²) in [4.78, 5) is 38.1. The van der Waals surface area contributed by atoms with Crippen LogP contribution in [-0.2, 0) is 4.74 Å². The highest BCUT2D eigenvalue weighted by molar-refractivity contribution is 5.86. The van der Waals surface area contributed by atoms with E-state index in [0.717, 1.165) is 44.5 Å². The van der Waals surface area contributed by atoms with Gasteiger partial charge in [-0.05, 0) is 57.9 Å². The summed E-state index contributed by atoms with van der Waals surface area (Å²) in [5.74, 6) is 0. The van der Waals surface area contributed by atoms with Crippen molar-refractivity contribution in [2.75, 3.05) is 31.1 Å². The van der Waals surface area contributed by atoms with Crippen LogP contribution in [0.3, 0.4) is 0 Å².